The third kappa shape index (κ3) is 4.44. The standard InChI is InChI=1S/C17H24N4O12P2/c18-15-10-7-1-2-20(15)16-13(24)11(22)8(32-16)3-30-34(26,27)6-35(28,29)31-4-9-12(23)14(25)17(33-9)21(7)5-19-10/h1-2,5,8-9,11-14,16-18,22-25H,3-4,6H2,(H,26,27)(H,28,29)/t8-,9+,11?,12-,13?,14?,16-,17+/m0/s1. The fourth-order valence-corrected chi connectivity index (χ4v) is 7.58. The molecule has 0 aliphatic carbocycles. The number of aliphatic hydroxyl groups is 4. The summed E-state index contributed by atoms with van der Waals surface area (Å²) in [6.45, 7) is -1.41. The van der Waals surface area contributed by atoms with E-state index in [2.05, 4.69) is 4.98 Å². The molecular formula is C17H24N4O12P2. The lowest BCUT2D eigenvalue weighted by atomic mass is 10.1. The van der Waals surface area contributed by atoms with Gasteiger partial charge in [-0.05, 0) is 6.07 Å². The molecule has 0 spiro atoms. The van der Waals surface area contributed by atoms with Crippen LogP contribution in [0.5, 0.6) is 0 Å². The molecule has 194 valence electrons. The van der Waals surface area contributed by atoms with E-state index in [1.807, 2.05) is 0 Å². The van der Waals surface area contributed by atoms with Crippen LogP contribution in [0.15, 0.2) is 18.6 Å². The van der Waals surface area contributed by atoms with Gasteiger partial charge in [-0.1, -0.05) is 0 Å². The van der Waals surface area contributed by atoms with E-state index in [1.165, 1.54) is 27.7 Å². The molecule has 2 saturated heterocycles. The van der Waals surface area contributed by atoms with Gasteiger partial charge in [0, 0.05) is 6.20 Å². The highest BCUT2D eigenvalue weighted by Gasteiger charge is 2.48. The van der Waals surface area contributed by atoms with E-state index in [-0.39, 0.29) is 11.0 Å². The van der Waals surface area contributed by atoms with Gasteiger partial charge in [0.05, 0.1) is 25.1 Å². The Kier molecular flexibility index (Phi) is 6.32. The number of hydrogen-bond donors (Lipinski definition) is 7. The molecule has 0 amide bonds. The van der Waals surface area contributed by atoms with Gasteiger partial charge < -0.3 is 57.9 Å². The number of nitrogens with zero attached hydrogens (tertiary/aromatic N) is 3. The number of ether oxygens (including phenoxy) is 2. The molecule has 8 bridgehead atoms. The van der Waals surface area contributed by atoms with Gasteiger partial charge >= 0.3 is 15.2 Å². The highest BCUT2D eigenvalue weighted by atomic mass is 31.2. The van der Waals surface area contributed by atoms with Crippen LogP contribution in [-0.2, 0) is 27.7 Å². The predicted octanol–water partition coefficient (Wildman–Crippen LogP) is -2.07. The quantitative estimate of drug-likeness (QED) is 0.179. The zero-order valence-corrected chi connectivity index (χ0v) is 19.6. The second kappa shape index (κ2) is 8.80. The topological polar surface area (TPSA) is 239 Å². The minimum absolute atomic E-state index is 0.114. The molecule has 2 fully saturated rings. The van der Waals surface area contributed by atoms with Crippen LogP contribution in [0.25, 0.3) is 11.0 Å². The third-order valence-electron chi connectivity index (χ3n) is 6.17. The largest absolute Gasteiger partial charge is 0.387 e. The van der Waals surface area contributed by atoms with Crippen molar-refractivity contribution in [3.63, 3.8) is 0 Å². The fraction of sp³-hybridized carbons (Fsp3) is 0.647. The van der Waals surface area contributed by atoms with E-state index in [1.54, 1.807) is 0 Å². The van der Waals surface area contributed by atoms with Gasteiger partial charge in [-0.2, -0.15) is 0 Å². The van der Waals surface area contributed by atoms with Crippen molar-refractivity contribution in [2.75, 3.05) is 19.1 Å². The Morgan fingerprint density at radius 1 is 0.886 bits per heavy atom. The number of hydrogen-bond acceptors (Lipinski definition) is 12. The van der Waals surface area contributed by atoms with E-state index < -0.39 is 83.4 Å². The summed E-state index contributed by atoms with van der Waals surface area (Å²) in [6.07, 6.45) is -8.60. The number of nitrogens with one attached hydrogen (secondary N) is 1. The second-order valence-corrected chi connectivity index (χ2v) is 12.8. The highest BCUT2D eigenvalue weighted by Crippen LogP contribution is 2.58. The van der Waals surface area contributed by atoms with Crippen LogP contribution in [0.2, 0.25) is 0 Å². The summed E-state index contributed by atoms with van der Waals surface area (Å²) in [7, 11) is -9.49. The minimum atomic E-state index is -4.75. The number of aromatic nitrogens is 3. The normalized spacial score (nSPS) is 44.6. The average molecular weight is 538 g/mol. The first kappa shape index (κ1) is 25.1. The number of rotatable bonds is 0. The number of pyridine rings is 1. The molecule has 0 radical (unpaired) electrons. The monoisotopic (exact) mass is 538 g/mol. The zero-order valence-electron chi connectivity index (χ0n) is 17.8. The number of fused-ring (bicyclic) bond motifs is 7. The van der Waals surface area contributed by atoms with Crippen LogP contribution in [0.1, 0.15) is 12.5 Å². The Bertz CT molecular complexity index is 1280. The van der Waals surface area contributed by atoms with Gasteiger partial charge in [0.15, 0.2) is 23.8 Å². The average Bonchev–Trinajstić information content (AvgIpc) is 3.41. The lowest BCUT2D eigenvalue weighted by Gasteiger charge is -2.22. The highest BCUT2D eigenvalue weighted by molar-refractivity contribution is 7.70. The molecule has 0 saturated carbocycles. The van der Waals surface area contributed by atoms with E-state index in [0.29, 0.717) is 5.52 Å². The van der Waals surface area contributed by atoms with E-state index in [4.69, 9.17) is 23.9 Å². The molecule has 2 aromatic rings. The lowest BCUT2D eigenvalue weighted by molar-refractivity contribution is -0.0526. The molecule has 2 aromatic heterocycles. The van der Waals surface area contributed by atoms with Crippen molar-refractivity contribution >= 4 is 26.2 Å². The zero-order chi connectivity index (χ0) is 25.3. The van der Waals surface area contributed by atoms with Crippen molar-refractivity contribution in [1.29, 1.82) is 5.41 Å². The molecule has 35 heavy (non-hydrogen) atoms. The van der Waals surface area contributed by atoms with E-state index in [0.717, 1.165) is 0 Å². The van der Waals surface area contributed by atoms with Crippen LogP contribution < -0.4 is 5.49 Å². The maximum Gasteiger partial charge on any atom is 0.340 e. The third-order valence-corrected chi connectivity index (χ3v) is 10.1. The van der Waals surface area contributed by atoms with Crippen LogP contribution in [-0.4, -0.2) is 100 Å². The Hall–Kier alpha value is -1.52. The van der Waals surface area contributed by atoms with Gasteiger partial charge in [-0.15, -0.1) is 0 Å². The minimum Gasteiger partial charge on any atom is -0.387 e. The van der Waals surface area contributed by atoms with Crippen LogP contribution >= 0.6 is 15.2 Å². The van der Waals surface area contributed by atoms with Crippen LogP contribution in [0, 0.1) is 5.41 Å². The summed E-state index contributed by atoms with van der Waals surface area (Å²) >= 11 is 0. The summed E-state index contributed by atoms with van der Waals surface area (Å²) in [5, 5.41) is 50.3. The maximum atomic E-state index is 12.4. The van der Waals surface area contributed by atoms with Crippen LogP contribution in [0.4, 0.5) is 0 Å². The van der Waals surface area contributed by atoms with Crippen LogP contribution in [0.3, 0.4) is 0 Å². The molecule has 7 N–H and O–H groups in total. The van der Waals surface area contributed by atoms with Crippen molar-refractivity contribution < 1.29 is 57.9 Å². The summed E-state index contributed by atoms with van der Waals surface area (Å²) in [5.41, 5.74) is 0.220. The first-order chi connectivity index (χ1) is 16.4. The first-order valence-corrected chi connectivity index (χ1v) is 14.0. The van der Waals surface area contributed by atoms with Gasteiger partial charge in [-0.25, -0.2) is 4.98 Å². The van der Waals surface area contributed by atoms with Crippen molar-refractivity contribution in [2.45, 2.75) is 49.1 Å². The predicted molar refractivity (Wildman–Crippen MR) is 112 cm³/mol. The van der Waals surface area contributed by atoms with Crippen molar-refractivity contribution in [3.05, 3.63) is 24.1 Å². The number of imidazole rings is 1. The van der Waals surface area contributed by atoms with Gasteiger partial charge in [0.2, 0.25) is 0 Å². The van der Waals surface area contributed by atoms with Gasteiger partial charge in [-0.3, -0.25) is 14.5 Å². The summed E-state index contributed by atoms with van der Waals surface area (Å²) in [4.78, 5) is 24.3. The molecule has 4 aliphatic heterocycles. The maximum absolute atomic E-state index is 12.4. The Morgan fingerprint density at radius 3 is 1.94 bits per heavy atom. The molecule has 5 unspecified atom stereocenters. The number of aliphatic hydroxyl groups excluding tert-OH is 4. The fourth-order valence-electron chi connectivity index (χ4n) is 4.36. The molecule has 0 aromatic carbocycles. The van der Waals surface area contributed by atoms with Crippen molar-refractivity contribution in [2.24, 2.45) is 0 Å². The summed E-state index contributed by atoms with van der Waals surface area (Å²) in [5.74, 6) is -1.31. The van der Waals surface area contributed by atoms with Gasteiger partial charge in [0.1, 0.15) is 42.1 Å². The molecule has 6 rings (SSSR count). The molecule has 10 atom stereocenters. The molecular weight excluding hydrogens is 514 g/mol. The van der Waals surface area contributed by atoms with E-state index in [9.17, 15) is 39.3 Å². The summed E-state index contributed by atoms with van der Waals surface area (Å²) in [6, 6.07) is 1.49. The SMILES string of the molecule is N=c1c2ncn3c2ccn1[C@H]1O[C@@H](COP(=O)(O)CP(=O)(O)OC[C@H]2O[C@@H]3C(O)[C@H]2O)C(O)C1O. The van der Waals surface area contributed by atoms with Crippen molar-refractivity contribution in [3.8, 4) is 0 Å². The Morgan fingerprint density at radius 2 is 1.40 bits per heavy atom. The summed E-state index contributed by atoms with van der Waals surface area (Å²) < 4.78 is 48.3. The van der Waals surface area contributed by atoms with Crippen molar-refractivity contribution in [1.82, 2.24) is 14.1 Å². The molecule has 18 heteroatoms. The Balaban J connectivity index is 1.58. The smallest absolute Gasteiger partial charge is 0.340 e. The lowest BCUT2D eigenvalue weighted by Crippen LogP contribution is -2.35. The second-order valence-electron chi connectivity index (χ2n) is 8.56. The van der Waals surface area contributed by atoms with E-state index >= 15 is 0 Å². The Labute approximate surface area is 196 Å². The first-order valence-electron chi connectivity index (χ1n) is 10.5. The van der Waals surface area contributed by atoms with Gasteiger partial charge in [0.25, 0.3) is 0 Å². The molecule has 16 nitrogen and oxygen atoms in total. The molecule has 4 aliphatic rings. The molecule has 6 heterocycles.